The van der Waals surface area contributed by atoms with Crippen molar-refractivity contribution in [3.8, 4) is 0 Å². The molecule has 2 rings (SSSR count). The van der Waals surface area contributed by atoms with Crippen molar-refractivity contribution in [3.63, 3.8) is 0 Å². The van der Waals surface area contributed by atoms with Crippen LogP contribution in [-0.2, 0) is 12.0 Å². The number of benzene rings is 1. The second kappa shape index (κ2) is 5.72. The number of carbonyl (C=O) groups is 1. The average Bonchev–Trinajstić information content (AvgIpc) is 2.78. The van der Waals surface area contributed by atoms with Crippen LogP contribution in [0, 0.1) is 6.92 Å². The van der Waals surface area contributed by atoms with Crippen molar-refractivity contribution >= 4 is 11.7 Å². The molecule has 0 aliphatic carbocycles. The van der Waals surface area contributed by atoms with E-state index in [0.717, 1.165) is 18.1 Å². The minimum atomic E-state index is -0.106. The Morgan fingerprint density at radius 2 is 1.86 bits per heavy atom. The molecule has 0 bridgehead atoms. The fraction of sp³-hybridized carbons (Fsp3) is 0.412. The number of aryl methyl sites for hydroxylation is 2. The summed E-state index contributed by atoms with van der Waals surface area (Å²) < 4.78 is 1.79. The van der Waals surface area contributed by atoms with Gasteiger partial charge in [-0.3, -0.25) is 4.79 Å². The Morgan fingerprint density at radius 1 is 1.24 bits per heavy atom. The van der Waals surface area contributed by atoms with Crippen LogP contribution >= 0.6 is 0 Å². The molecule has 0 aliphatic heterocycles. The van der Waals surface area contributed by atoms with Crippen molar-refractivity contribution in [1.29, 1.82) is 0 Å². The normalized spacial score (nSPS) is 11.5. The lowest BCUT2D eigenvalue weighted by atomic mass is 9.87. The number of nitrogens with one attached hydrogen (secondary N) is 1. The molecule has 0 saturated carbocycles. The monoisotopic (exact) mass is 285 g/mol. The van der Waals surface area contributed by atoms with Gasteiger partial charge in [0.25, 0.3) is 5.91 Å². The molecule has 21 heavy (non-hydrogen) atoms. The summed E-state index contributed by atoms with van der Waals surface area (Å²) in [6.45, 7) is 11.1. The van der Waals surface area contributed by atoms with Gasteiger partial charge in [-0.1, -0.05) is 32.9 Å². The third-order valence-electron chi connectivity index (χ3n) is 3.46. The van der Waals surface area contributed by atoms with E-state index in [1.165, 1.54) is 5.56 Å². The Bertz CT molecular complexity index is 633. The fourth-order valence-corrected chi connectivity index (χ4v) is 2.20. The van der Waals surface area contributed by atoms with Crippen molar-refractivity contribution in [2.45, 2.75) is 46.6 Å². The molecule has 1 heterocycles. The number of nitrogens with zero attached hydrogens (tertiary/aromatic N) is 2. The van der Waals surface area contributed by atoms with Crippen LogP contribution in [0.4, 0.5) is 5.82 Å². The van der Waals surface area contributed by atoms with Crippen LogP contribution in [0.25, 0.3) is 0 Å². The first-order valence-electron chi connectivity index (χ1n) is 7.27. The summed E-state index contributed by atoms with van der Waals surface area (Å²) >= 11 is 0. The van der Waals surface area contributed by atoms with Crippen LogP contribution < -0.4 is 5.32 Å². The Morgan fingerprint density at radius 3 is 2.38 bits per heavy atom. The number of amides is 1. The molecule has 0 atom stereocenters. The van der Waals surface area contributed by atoms with Crippen molar-refractivity contribution in [2.75, 3.05) is 5.32 Å². The zero-order chi connectivity index (χ0) is 15.6. The van der Waals surface area contributed by atoms with E-state index in [1.54, 1.807) is 4.68 Å². The van der Waals surface area contributed by atoms with Gasteiger partial charge in [0, 0.05) is 18.2 Å². The molecule has 1 N–H and O–H groups in total. The van der Waals surface area contributed by atoms with Gasteiger partial charge in [-0.05, 0) is 37.0 Å². The van der Waals surface area contributed by atoms with E-state index in [1.807, 2.05) is 44.2 Å². The van der Waals surface area contributed by atoms with E-state index in [4.69, 9.17) is 0 Å². The molecule has 4 heteroatoms. The molecule has 4 nitrogen and oxygen atoms in total. The van der Waals surface area contributed by atoms with Gasteiger partial charge in [0.05, 0.1) is 5.69 Å². The second-order valence-electron chi connectivity index (χ2n) is 6.27. The highest BCUT2D eigenvalue weighted by Crippen LogP contribution is 2.22. The van der Waals surface area contributed by atoms with Crippen LogP contribution in [-0.4, -0.2) is 15.7 Å². The summed E-state index contributed by atoms with van der Waals surface area (Å²) in [5.74, 6) is 0.630. The first kappa shape index (κ1) is 15.3. The fourth-order valence-electron chi connectivity index (χ4n) is 2.20. The van der Waals surface area contributed by atoms with Gasteiger partial charge in [0.1, 0.15) is 5.82 Å². The van der Waals surface area contributed by atoms with Gasteiger partial charge in [0.2, 0.25) is 0 Å². The second-order valence-corrected chi connectivity index (χ2v) is 6.27. The molecule has 0 unspecified atom stereocenters. The van der Waals surface area contributed by atoms with Gasteiger partial charge >= 0.3 is 0 Å². The number of carbonyl (C=O) groups excluding carboxylic acids is 1. The molecule has 0 saturated heterocycles. The molecule has 0 spiro atoms. The van der Waals surface area contributed by atoms with Crippen LogP contribution in [0.2, 0.25) is 0 Å². The minimum absolute atomic E-state index is 0.0902. The van der Waals surface area contributed by atoms with E-state index in [2.05, 4.69) is 31.2 Å². The number of anilines is 1. The Kier molecular flexibility index (Phi) is 4.16. The summed E-state index contributed by atoms with van der Waals surface area (Å²) in [6, 6.07) is 9.64. The van der Waals surface area contributed by atoms with E-state index < -0.39 is 0 Å². The lowest BCUT2D eigenvalue weighted by molar-refractivity contribution is 0.102. The SMILES string of the molecule is CCn1nc(C)cc1NC(=O)c1ccc(C(C)(C)C)cc1. The molecule has 0 radical (unpaired) electrons. The van der Waals surface area contributed by atoms with E-state index in [9.17, 15) is 4.79 Å². The standard InChI is InChI=1S/C17H23N3O/c1-6-20-15(11-12(2)19-20)18-16(21)13-7-9-14(10-8-13)17(3,4)5/h7-11H,6H2,1-5H3,(H,18,21). The summed E-state index contributed by atoms with van der Waals surface area (Å²) in [5.41, 5.74) is 2.86. The molecule has 0 aliphatic rings. The van der Waals surface area contributed by atoms with Gasteiger partial charge < -0.3 is 5.32 Å². The summed E-state index contributed by atoms with van der Waals surface area (Å²) in [4.78, 5) is 12.3. The molecule has 0 fully saturated rings. The largest absolute Gasteiger partial charge is 0.307 e. The number of hydrogen-bond acceptors (Lipinski definition) is 2. The zero-order valence-corrected chi connectivity index (χ0v) is 13.4. The summed E-state index contributed by atoms with van der Waals surface area (Å²) in [6.07, 6.45) is 0. The van der Waals surface area contributed by atoms with Crippen LogP contribution in [0.15, 0.2) is 30.3 Å². The molecular weight excluding hydrogens is 262 g/mol. The number of rotatable bonds is 3. The predicted molar refractivity (Wildman–Crippen MR) is 85.7 cm³/mol. The van der Waals surface area contributed by atoms with Gasteiger partial charge in [-0.15, -0.1) is 0 Å². The third kappa shape index (κ3) is 3.51. The van der Waals surface area contributed by atoms with Gasteiger partial charge in [-0.25, -0.2) is 4.68 Å². The maximum Gasteiger partial charge on any atom is 0.256 e. The Hall–Kier alpha value is -2.10. The van der Waals surface area contributed by atoms with Crippen molar-refractivity contribution in [1.82, 2.24) is 9.78 Å². The first-order valence-corrected chi connectivity index (χ1v) is 7.27. The smallest absolute Gasteiger partial charge is 0.256 e. The maximum absolute atomic E-state index is 12.3. The Balaban J connectivity index is 2.17. The number of hydrogen-bond donors (Lipinski definition) is 1. The zero-order valence-electron chi connectivity index (χ0n) is 13.4. The van der Waals surface area contributed by atoms with Crippen molar-refractivity contribution in [3.05, 3.63) is 47.2 Å². The topological polar surface area (TPSA) is 46.9 Å². The minimum Gasteiger partial charge on any atom is -0.307 e. The van der Waals surface area contributed by atoms with E-state index in [0.29, 0.717) is 5.56 Å². The molecule has 1 amide bonds. The quantitative estimate of drug-likeness (QED) is 0.933. The van der Waals surface area contributed by atoms with Crippen molar-refractivity contribution < 1.29 is 4.79 Å². The lowest BCUT2D eigenvalue weighted by Crippen LogP contribution is -2.16. The molecule has 1 aromatic carbocycles. The first-order chi connectivity index (χ1) is 9.81. The molecule has 1 aromatic heterocycles. The summed E-state index contributed by atoms with van der Waals surface area (Å²) in [7, 11) is 0. The average molecular weight is 285 g/mol. The lowest BCUT2D eigenvalue weighted by Gasteiger charge is -2.19. The van der Waals surface area contributed by atoms with Crippen molar-refractivity contribution in [2.24, 2.45) is 0 Å². The molecule has 112 valence electrons. The van der Waals surface area contributed by atoms with Crippen LogP contribution in [0.3, 0.4) is 0 Å². The van der Waals surface area contributed by atoms with Crippen LogP contribution in [0.5, 0.6) is 0 Å². The Labute approximate surface area is 126 Å². The van der Waals surface area contributed by atoms with E-state index in [-0.39, 0.29) is 11.3 Å². The highest BCUT2D eigenvalue weighted by atomic mass is 16.1. The molecule has 2 aromatic rings. The highest BCUT2D eigenvalue weighted by molar-refractivity contribution is 6.03. The highest BCUT2D eigenvalue weighted by Gasteiger charge is 2.15. The van der Waals surface area contributed by atoms with Crippen LogP contribution in [0.1, 0.15) is 49.3 Å². The summed E-state index contributed by atoms with van der Waals surface area (Å²) in [5, 5.41) is 7.24. The number of aromatic nitrogens is 2. The maximum atomic E-state index is 12.3. The van der Waals surface area contributed by atoms with Gasteiger partial charge in [0.15, 0.2) is 0 Å². The van der Waals surface area contributed by atoms with Gasteiger partial charge in [-0.2, -0.15) is 5.10 Å². The van der Waals surface area contributed by atoms with E-state index >= 15 is 0 Å². The third-order valence-corrected chi connectivity index (χ3v) is 3.46. The molecular formula is C17H23N3O. The predicted octanol–water partition coefficient (Wildman–Crippen LogP) is 3.76.